The predicted octanol–water partition coefficient (Wildman–Crippen LogP) is 3.05. The Morgan fingerprint density at radius 2 is 2.14 bits per heavy atom. The molecule has 1 saturated heterocycles. The standard InChI is InChI=1S/C16H22F2N2O.ClH/c1-11(19)15-4-2-3-9-20(15)16(21)8-5-12-10-13(17)6-7-14(12)18;/h6-7,10-11,15H,2-5,8-9,19H2,1H3;1H. The minimum absolute atomic E-state index is 0. The largest absolute Gasteiger partial charge is 0.338 e. The van der Waals surface area contributed by atoms with Crippen LogP contribution in [0.25, 0.3) is 0 Å². The van der Waals surface area contributed by atoms with Crippen LogP contribution in [0.1, 0.15) is 38.2 Å². The van der Waals surface area contributed by atoms with E-state index >= 15 is 0 Å². The van der Waals surface area contributed by atoms with Crippen LogP contribution in [0.5, 0.6) is 0 Å². The van der Waals surface area contributed by atoms with Gasteiger partial charge in [-0.15, -0.1) is 12.4 Å². The molecule has 1 aliphatic rings. The van der Waals surface area contributed by atoms with Crippen molar-refractivity contribution in [2.75, 3.05) is 6.54 Å². The van der Waals surface area contributed by atoms with Gasteiger partial charge in [-0.2, -0.15) is 0 Å². The number of hydrogen-bond donors (Lipinski definition) is 1. The van der Waals surface area contributed by atoms with Gasteiger partial charge in [0.1, 0.15) is 11.6 Å². The van der Waals surface area contributed by atoms with Crippen LogP contribution in [-0.2, 0) is 11.2 Å². The van der Waals surface area contributed by atoms with Gasteiger partial charge >= 0.3 is 0 Å². The van der Waals surface area contributed by atoms with E-state index in [1.165, 1.54) is 0 Å². The van der Waals surface area contributed by atoms with Crippen molar-refractivity contribution >= 4 is 18.3 Å². The van der Waals surface area contributed by atoms with Crippen molar-refractivity contribution in [3.8, 4) is 0 Å². The minimum atomic E-state index is -0.481. The van der Waals surface area contributed by atoms with Gasteiger partial charge in [0.2, 0.25) is 5.91 Å². The fourth-order valence-corrected chi connectivity index (χ4v) is 2.93. The highest BCUT2D eigenvalue weighted by Gasteiger charge is 2.28. The first-order valence-corrected chi connectivity index (χ1v) is 7.48. The maximum atomic E-state index is 13.6. The number of carbonyl (C=O) groups excluding carboxylic acids is 1. The van der Waals surface area contributed by atoms with Crippen molar-refractivity contribution in [2.24, 2.45) is 5.73 Å². The second kappa shape index (κ2) is 8.44. The van der Waals surface area contributed by atoms with E-state index in [0.717, 1.165) is 37.5 Å². The lowest BCUT2D eigenvalue weighted by atomic mass is 9.96. The second-order valence-corrected chi connectivity index (χ2v) is 5.75. The van der Waals surface area contributed by atoms with Gasteiger partial charge in [0.25, 0.3) is 0 Å². The Bertz CT molecular complexity index is 511. The molecule has 1 fully saturated rings. The minimum Gasteiger partial charge on any atom is -0.338 e. The van der Waals surface area contributed by atoms with E-state index in [2.05, 4.69) is 0 Å². The first-order valence-electron chi connectivity index (χ1n) is 7.48. The number of carbonyl (C=O) groups is 1. The van der Waals surface area contributed by atoms with Crippen molar-refractivity contribution < 1.29 is 13.6 Å². The van der Waals surface area contributed by atoms with E-state index < -0.39 is 11.6 Å². The van der Waals surface area contributed by atoms with Crippen molar-refractivity contribution in [3.63, 3.8) is 0 Å². The average Bonchev–Trinajstić information content (AvgIpc) is 2.47. The third-order valence-electron chi connectivity index (χ3n) is 4.09. The SMILES string of the molecule is CC(N)C1CCCCN1C(=O)CCc1cc(F)ccc1F.Cl. The Morgan fingerprint density at radius 1 is 1.41 bits per heavy atom. The summed E-state index contributed by atoms with van der Waals surface area (Å²) in [5, 5.41) is 0. The summed E-state index contributed by atoms with van der Waals surface area (Å²) in [6, 6.07) is 3.32. The van der Waals surface area contributed by atoms with Crippen LogP contribution in [0, 0.1) is 11.6 Å². The third-order valence-corrected chi connectivity index (χ3v) is 4.09. The topological polar surface area (TPSA) is 46.3 Å². The molecule has 2 atom stereocenters. The molecule has 3 nitrogen and oxygen atoms in total. The normalized spacial score (nSPS) is 19.5. The summed E-state index contributed by atoms with van der Waals surface area (Å²) < 4.78 is 26.7. The molecular formula is C16H23ClF2N2O. The molecular weight excluding hydrogens is 310 g/mol. The zero-order valence-electron chi connectivity index (χ0n) is 12.7. The van der Waals surface area contributed by atoms with E-state index in [9.17, 15) is 13.6 Å². The zero-order chi connectivity index (χ0) is 15.4. The number of piperidine rings is 1. The van der Waals surface area contributed by atoms with E-state index in [1.807, 2.05) is 11.8 Å². The molecule has 1 aromatic rings. The lowest BCUT2D eigenvalue weighted by Gasteiger charge is -2.38. The Labute approximate surface area is 136 Å². The smallest absolute Gasteiger partial charge is 0.223 e. The maximum absolute atomic E-state index is 13.6. The number of benzene rings is 1. The molecule has 2 N–H and O–H groups in total. The predicted molar refractivity (Wildman–Crippen MR) is 84.9 cm³/mol. The number of rotatable bonds is 4. The number of amides is 1. The van der Waals surface area contributed by atoms with Gasteiger partial charge in [0.15, 0.2) is 0 Å². The summed E-state index contributed by atoms with van der Waals surface area (Å²) in [7, 11) is 0. The van der Waals surface area contributed by atoms with Gasteiger partial charge in [-0.05, 0) is 56.4 Å². The maximum Gasteiger partial charge on any atom is 0.223 e. The Morgan fingerprint density at radius 3 is 2.82 bits per heavy atom. The van der Waals surface area contributed by atoms with Crippen molar-refractivity contribution in [1.29, 1.82) is 0 Å². The van der Waals surface area contributed by atoms with Crippen molar-refractivity contribution in [2.45, 2.75) is 51.1 Å². The summed E-state index contributed by atoms with van der Waals surface area (Å²) >= 11 is 0. The molecule has 6 heteroatoms. The molecule has 1 aromatic carbocycles. The van der Waals surface area contributed by atoms with E-state index in [0.29, 0.717) is 6.54 Å². The molecule has 0 bridgehead atoms. The highest BCUT2D eigenvalue weighted by molar-refractivity contribution is 5.85. The van der Waals surface area contributed by atoms with E-state index in [4.69, 9.17) is 5.73 Å². The van der Waals surface area contributed by atoms with Crippen LogP contribution in [-0.4, -0.2) is 29.4 Å². The lowest BCUT2D eigenvalue weighted by Crippen LogP contribution is -2.51. The Hall–Kier alpha value is -1.20. The van der Waals surface area contributed by atoms with Gasteiger partial charge in [-0.25, -0.2) is 8.78 Å². The molecule has 2 rings (SSSR count). The summed E-state index contributed by atoms with van der Waals surface area (Å²) in [6.07, 6.45) is 3.36. The number of hydrogen-bond acceptors (Lipinski definition) is 2. The summed E-state index contributed by atoms with van der Waals surface area (Å²) in [6.45, 7) is 2.61. The molecule has 0 radical (unpaired) electrons. The van der Waals surface area contributed by atoms with E-state index in [1.54, 1.807) is 0 Å². The number of aryl methyl sites for hydroxylation is 1. The van der Waals surface area contributed by atoms with Gasteiger partial charge in [0.05, 0.1) is 0 Å². The Balaban J connectivity index is 0.00000242. The quantitative estimate of drug-likeness (QED) is 0.921. The average molecular weight is 333 g/mol. The molecule has 0 aromatic heterocycles. The lowest BCUT2D eigenvalue weighted by molar-refractivity contribution is -0.135. The zero-order valence-corrected chi connectivity index (χ0v) is 13.5. The van der Waals surface area contributed by atoms with Crippen LogP contribution in [0.2, 0.25) is 0 Å². The molecule has 124 valence electrons. The van der Waals surface area contributed by atoms with E-state index in [-0.39, 0.29) is 48.8 Å². The summed E-state index contributed by atoms with van der Waals surface area (Å²) in [4.78, 5) is 14.1. The van der Waals surface area contributed by atoms with Gasteiger partial charge in [-0.3, -0.25) is 4.79 Å². The molecule has 0 spiro atoms. The molecule has 0 saturated carbocycles. The number of halogens is 3. The first kappa shape index (κ1) is 18.8. The summed E-state index contributed by atoms with van der Waals surface area (Å²) in [5.41, 5.74) is 6.19. The molecule has 2 unspecified atom stereocenters. The Kier molecular flexibility index (Phi) is 7.23. The van der Waals surface area contributed by atoms with Crippen LogP contribution < -0.4 is 5.73 Å². The van der Waals surface area contributed by atoms with Gasteiger partial charge in [-0.1, -0.05) is 0 Å². The molecule has 1 aliphatic heterocycles. The highest BCUT2D eigenvalue weighted by Crippen LogP contribution is 2.21. The van der Waals surface area contributed by atoms with Crippen molar-refractivity contribution in [1.82, 2.24) is 4.90 Å². The third kappa shape index (κ3) is 4.65. The van der Waals surface area contributed by atoms with Gasteiger partial charge in [0, 0.05) is 25.0 Å². The molecule has 1 heterocycles. The summed E-state index contributed by atoms with van der Waals surface area (Å²) in [5.74, 6) is -0.975. The first-order chi connectivity index (χ1) is 9.99. The molecule has 1 amide bonds. The molecule has 22 heavy (non-hydrogen) atoms. The van der Waals surface area contributed by atoms with Crippen LogP contribution >= 0.6 is 12.4 Å². The number of nitrogens with zero attached hydrogens (tertiary/aromatic N) is 1. The number of likely N-dealkylation sites (tertiary alicyclic amines) is 1. The highest BCUT2D eigenvalue weighted by atomic mass is 35.5. The van der Waals surface area contributed by atoms with Crippen LogP contribution in [0.15, 0.2) is 18.2 Å². The number of nitrogens with two attached hydrogens (primary N) is 1. The van der Waals surface area contributed by atoms with Crippen LogP contribution in [0.3, 0.4) is 0 Å². The molecule has 0 aliphatic carbocycles. The second-order valence-electron chi connectivity index (χ2n) is 5.75. The fourth-order valence-electron chi connectivity index (χ4n) is 2.93. The van der Waals surface area contributed by atoms with Crippen molar-refractivity contribution in [3.05, 3.63) is 35.4 Å². The fraction of sp³-hybridized carbons (Fsp3) is 0.562. The van der Waals surface area contributed by atoms with Gasteiger partial charge < -0.3 is 10.6 Å². The van der Waals surface area contributed by atoms with Crippen LogP contribution in [0.4, 0.5) is 8.78 Å². The monoisotopic (exact) mass is 332 g/mol.